The molecule has 0 saturated heterocycles. The van der Waals surface area contributed by atoms with Crippen LogP contribution in [0.1, 0.15) is 13.8 Å². The fourth-order valence-electron chi connectivity index (χ4n) is 1.35. The van der Waals surface area contributed by atoms with Crippen molar-refractivity contribution in [2.24, 2.45) is 0 Å². The number of ether oxygens (including phenoxy) is 2. The van der Waals surface area contributed by atoms with Gasteiger partial charge in [-0.25, -0.2) is 0 Å². The van der Waals surface area contributed by atoms with Gasteiger partial charge in [0.2, 0.25) is 0 Å². The molecule has 0 fully saturated rings. The van der Waals surface area contributed by atoms with E-state index < -0.39 is 12.1 Å². The average Bonchev–Trinajstić information content (AvgIpc) is 2.32. The van der Waals surface area contributed by atoms with E-state index in [2.05, 4.69) is 0 Å². The summed E-state index contributed by atoms with van der Waals surface area (Å²) in [6.07, 6.45) is -5.26. The molecule has 0 radical (unpaired) electrons. The van der Waals surface area contributed by atoms with Crippen molar-refractivity contribution >= 4 is 34.2 Å². The second kappa shape index (κ2) is 6.51. The van der Waals surface area contributed by atoms with Gasteiger partial charge in [-0.2, -0.15) is 13.2 Å². The largest absolute Gasteiger partial charge is 0.493 e. The SMILES string of the molecule is COc1ccc(I)c(NC(=O)C(F)(F)F)c1OC(C)C. The number of benzene rings is 1. The Morgan fingerprint density at radius 1 is 1.35 bits per heavy atom. The Balaban J connectivity index is 3.25. The summed E-state index contributed by atoms with van der Waals surface area (Å²) in [5.74, 6) is -1.74. The summed E-state index contributed by atoms with van der Waals surface area (Å²) < 4.78 is 48.0. The second-order valence-corrected chi connectivity index (χ2v) is 5.23. The summed E-state index contributed by atoms with van der Waals surface area (Å²) in [4.78, 5) is 11.1. The first-order chi connectivity index (χ1) is 9.16. The molecule has 8 heteroatoms. The molecule has 1 N–H and O–H groups in total. The number of halogens is 4. The maximum absolute atomic E-state index is 12.4. The highest BCUT2D eigenvalue weighted by Gasteiger charge is 2.39. The number of hydrogen-bond acceptors (Lipinski definition) is 3. The second-order valence-electron chi connectivity index (χ2n) is 4.07. The molecule has 0 aliphatic rings. The van der Waals surface area contributed by atoms with Crippen molar-refractivity contribution in [3.8, 4) is 11.5 Å². The van der Waals surface area contributed by atoms with E-state index in [1.54, 1.807) is 19.9 Å². The lowest BCUT2D eigenvalue weighted by atomic mass is 10.2. The molecule has 1 amide bonds. The predicted molar refractivity (Wildman–Crippen MR) is 76.2 cm³/mol. The normalized spacial score (nSPS) is 11.4. The molecule has 0 spiro atoms. The van der Waals surface area contributed by atoms with E-state index in [4.69, 9.17) is 9.47 Å². The Kier molecular flexibility index (Phi) is 5.49. The first kappa shape index (κ1) is 16.9. The van der Waals surface area contributed by atoms with E-state index in [9.17, 15) is 18.0 Å². The Bertz CT molecular complexity index is 503. The van der Waals surface area contributed by atoms with E-state index in [-0.39, 0.29) is 23.3 Å². The topological polar surface area (TPSA) is 47.6 Å². The molecule has 0 heterocycles. The Morgan fingerprint density at radius 3 is 2.40 bits per heavy atom. The molecule has 0 unspecified atom stereocenters. The van der Waals surface area contributed by atoms with Crippen molar-refractivity contribution in [2.75, 3.05) is 12.4 Å². The quantitative estimate of drug-likeness (QED) is 0.782. The average molecular weight is 403 g/mol. The van der Waals surface area contributed by atoms with Crippen LogP contribution in [-0.2, 0) is 4.79 Å². The van der Waals surface area contributed by atoms with Crippen molar-refractivity contribution in [1.82, 2.24) is 0 Å². The Morgan fingerprint density at radius 2 is 1.95 bits per heavy atom. The zero-order valence-electron chi connectivity index (χ0n) is 11.0. The van der Waals surface area contributed by atoms with Gasteiger partial charge in [0.25, 0.3) is 0 Å². The minimum absolute atomic E-state index is 0.0547. The lowest BCUT2D eigenvalue weighted by molar-refractivity contribution is -0.167. The molecule has 112 valence electrons. The van der Waals surface area contributed by atoms with Gasteiger partial charge in [-0.05, 0) is 48.6 Å². The minimum Gasteiger partial charge on any atom is -0.493 e. The Hall–Kier alpha value is -1.19. The van der Waals surface area contributed by atoms with E-state index in [1.807, 2.05) is 27.9 Å². The van der Waals surface area contributed by atoms with Crippen LogP contribution in [0.2, 0.25) is 0 Å². The fourth-order valence-corrected chi connectivity index (χ4v) is 1.91. The summed E-state index contributed by atoms with van der Waals surface area (Å²) in [6, 6.07) is 3.08. The highest BCUT2D eigenvalue weighted by Crippen LogP contribution is 2.40. The number of amides is 1. The van der Waals surface area contributed by atoms with Crippen molar-refractivity contribution in [2.45, 2.75) is 26.1 Å². The van der Waals surface area contributed by atoms with Crippen LogP contribution < -0.4 is 14.8 Å². The number of alkyl halides is 3. The van der Waals surface area contributed by atoms with Gasteiger partial charge in [0.05, 0.1) is 13.2 Å². The van der Waals surface area contributed by atoms with E-state index in [0.29, 0.717) is 3.57 Å². The van der Waals surface area contributed by atoms with Crippen molar-refractivity contribution in [3.63, 3.8) is 0 Å². The molecule has 0 saturated carbocycles. The fraction of sp³-hybridized carbons (Fsp3) is 0.417. The van der Waals surface area contributed by atoms with Crippen LogP contribution >= 0.6 is 22.6 Å². The van der Waals surface area contributed by atoms with Crippen LogP contribution in [0.5, 0.6) is 11.5 Å². The van der Waals surface area contributed by atoms with Crippen LogP contribution in [0.3, 0.4) is 0 Å². The first-order valence-electron chi connectivity index (χ1n) is 5.58. The maximum atomic E-state index is 12.4. The number of anilines is 1. The van der Waals surface area contributed by atoms with E-state index in [1.165, 1.54) is 13.2 Å². The van der Waals surface area contributed by atoms with Crippen molar-refractivity contribution in [1.29, 1.82) is 0 Å². The molecule has 20 heavy (non-hydrogen) atoms. The van der Waals surface area contributed by atoms with E-state index >= 15 is 0 Å². The third-order valence-corrected chi connectivity index (χ3v) is 3.04. The molecule has 0 aliphatic heterocycles. The van der Waals surface area contributed by atoms with Gasteiger partial charge in [0.15, 0.2) is 11.5 Å². The standard InChI is InChI=1S/C12H13F3INO3/c1-6(2)20-10-8(19-3)5-4-7(16)9(10)17-11(18)12(13,14)15/h4-6H,1-3H3,(H,17,18). The molecule has 1 aromatic rings. The molecular formula is C12H13F3INO3. The molecule has 1 rings (SSSR count). The molecule has 0 aliphatic carbocycles. The van der Waals surface area contributed by atoms with Gasteiger partial charge in [-0.1, -0.05) is 0 Å². The molecular weight excluding hydrogens is 390 g/mol. The third-order valence-electron chi connectivity index (χ3n) is 2.14. The van der Waals surface area contributed by atoms with Crippen LogP contribution in [-0.4, -0.2) is 25.3 Å². The van der Waals surface area contributed by atoms with Gasteiger partial charge in [-0.15, -0.1) is 0 Å². The molecule has 0 aromatic heterocycles. The molecule has 1 aromatic carbocycles. The van der Waals surface area contributed by atoms with Gasteiger partial charge in [0.1, 0.15) is 5.69 Å². The highest BCUT2D eigenvalue weighted by molar-refractivity contribution is 14.1. The van der Waals surface area contributed by atoms with Gasteiger partial charge < -0.3 is 14.8 Å². The summed E-state index contributed by atoms with van der Waals surface area (Å²) in [6.45, 7) is 3.43. The minimum atomic E-state index is -4.97. The number of carbonyl (C=O) groups is 1. The van der Waals surface area contributed by atoms with Crippen molar-refractivity contribution in [3.05, 3.63) is 15.7 Å². The number of methoxy groups -OCH3 is 1. The van der Waals surface area contributed by atoms with Crippen LogP contribution in [0, 0.1) is 3.57 Å². The lowest BCUT2D eigenvalue weighted by Gasteiger charge is -2.19. The zero-order chi connectivity index (χ0) is 15.5. The van der Waals surface area contributed by atoms with Crippen LogP contribution in [0.4, 0.5) is 18.9 Å². The summed E-state index contributed by atoms with van der Waals surface area (Å²) in [5, 5.41) is 1.82. The summed E-state index contributed by atoms with van der Waals surface area (Å²) in [5.41, 5.74) is -0.0547. The third kappa shape index (κ3) is 4.15. The number of rotatable bonds is 4. The zero-order valence-corrected chi connectivity index (χ0v) is 13.1. The number of hydrogen-bond donors (Lipinski definition) is 1. The lowest BCUT2D eigenvalue weighted by Crippen LogP contribution is -2.30. The monoisotopic (exact) mass is 403 g/mol. The smallest absolute Gasteiger partial charge is 0.471 e. The van der Waals surface area contributed by atoms with Gasteiger partial charge in [0, 0.05) is 3.57 Å². The van der Waals surface area contributed by atoms with Crippen LogP contribution in [0.15, 0.2) is 12.1 Å². The maximum Gasteiger partial charge on any atom is 0.471 e. The number of carbonyl (C=O) groups excluding carboxylic acids is 1. The van der Waals surface area contributed by atoms with Gasteiger partial charge >= 0.3 is 12.1 Å². The summed E-state index contributed by atoms with van der Waals surface area (Å²) in [7, 11) is 1.37. The van der Waals surface area contributed by atoms with Gasteiger partial charge in [-0.3, -0.25) is 4.79 Å². The Labute approximate surface area is 127 Å². The summed E-state index contributed by atoms with van der Waals surface area (Å²) >= 11 is 1.81. The van der Waals surface area contributed by atoms with Crippen LogP contribution in [0.25, 0.3) is 0 Å². The van der Waals surface area contributed by atoms with E-state index in [0.717, 1.165) is 0 Å². The molecule has 0 atom stereocenters. The first-order valence-corrected chi connectivity index (χ1v) is 6.66. The highest BCUT2D eigenvalue weighted by atomic mass is 127. The molecule has 4 nitrogen and oxygen atoms in total. The predicted octanol–water partition coefficient (Wildman–Crippen LogP) is 3.59. The number of nitrogens with one attached hydrogen (secondary N) is 1. The van der Waals surface area contributed by atoms with Crippen molar-refractivity contribution < 1.29 is 27.4 Å². The molecule has 0 bridgehead atoms.